The van der Waals surface area contributed by atoms with Crippen molar-refractivity contribution in [2.45, 2.75) is 36.7 Å². The maximum absolute atomic E-state index is 12.5. The lowest BCUT2D eigenvalue weighted by atomic mass is 10.1. The van der Waals surface area contributed by atoms with E-state index in [9.17, 15) is 4.79 Å². The first-order chi connectivity index (χ1) is 15.1. The first kappa shape index (κ1) is 22.2. The van der Waals surface area contributed by atoms with Crippen LogP contribution in [0.15, 0.2) is 47.4 Å². The molecule has 5 nitrogen and oxygen atoms in total. The highest BCUT2D eigenvalue weighted by Gasteiger charge is 2.24. The van der Waals surface area contributed by atoms with Gasteiger partial charge in [-0.1, -0.05) is 22.9 Å². The predicted molar refractivity (Wildman–Crippen MR) is 128 cm³/mol. The molecule has 3 aromatic rings. The van der Waals surface area contributed by atoms with Gasteiger partial charge in [-0.05, 0) is 48.6 Å². The van der Waals surface area contributed by atoms with Gasteiger partial charge >= 0.3 is 0 Å². The van der Waals surface area contributed by atoms with Gasteiger partial charge in [-0.15, -0.1) is 11.8 Å². The number of likely N-dealkylation sites (tertiary alicyclic amines) is 1. The van der Waals surface area contributed by atoms with Crippen molar-refractivity contribution in [1.29, 1.82) is 0 Å². The van der Waals surface area contributed by atoms with Gasteiger partial charge in [-0.2, -0.15) is 0 Å². The molecule has 164 valence electrons. The van der Waals surface area contributed by atoms with E-state index in [1.165, 1.54) is 4.90 Å². The number of hydrogen-bond donors (Lipinski definition) is 0. The summed E-state index contributed by atoms with van der Waals surface area (Å²) in [5, 5.41) is 1.43. The highest BCUT2D eigenvalue weighted by Crippen LogP contribution is 2.32. The molecule has 1 amide bonds. The number of amides is 1. The summed E-state index contributed by atoms with van der Waals surface area (Å²) < 4.78 is 12.5. The van der Waals surface area contributed by atoms with Crippen molar-refractivity contribution >= 4 is 50.8 Å². The summed E-state index contributed by atoms with van der Waals surface area (Å²) in [6, 6.07) is 13.7. The molecule has 2 heterocycles. The number of methoxy groups -OCH3 is 1. The van der Waals surface area contributed by atoms with Crippen molar-refractivity contribution in [2.75, 3.05) is 26.0 Å². The summed E-state index contributed by atoms with van der Waals surface area (Å²) in [6.45, 7) is 1.49. The van der Waals surface area contributed by atoms with Gasteiger partial charge in [0, 0.05) is 48.3 Å². The van der Waals surface area contributed by atoms with E-state index in [0.717, 1.165) is 59.1 Å². The summed E-state index contributed by atoms with van der Waals surface area (Å²) in [5.74, 6) is 1.96. The zero-order chi connectivity index (χ0) is 21.6. The molecule has 0 atom stereocenters. The molecule has 0 aliphatic carbocycles. The first-order valence-electron chi connectivity index (χ1n) is 10.4. The molecule has 1 aliphatic rings. The van der Waals surface area contributed by atoms with E-state index in [1.54, 1.807) is 30.2 Å². The molecular weight excluding hydrogens is 452 g/mol. The van der Waals surface area contributed by atoms with Crippen molar-refractivity contribution in [3.05, 3.63) is 47.5 Å². The van der Waals surface area contributed by atoms with E-state index < -0.39 is 0 Å². The van der Waals surface area contributed by atoms with Crippen molar-refractivity contribution in [3.8, 4) is 10.9 Å². The maximum Gasteiger partial charge on any atom is 0.274 e. The van der Waals surface area contributed by atoms with Gasteiger partial charge in [0.2, 0.25) is 5.91 Å². The minimum Gasteiger partial charge on any atom is -0.497 e. The molecule has 1 aromatic heterocycles. The Kier molecular flexibility index (Phi) is 7.58. The molecule has 1 fully saturated rings. The van der Waals surface area contributed by atoms with Gasteiger partial charge in [-0.25, -0.2) is 4.98 Å². The Morgan fingerprint density at radius 3 is 2.74 bits per heavy atom. The Morgan fingerprint density at radius 2 is 2.00 bits per heavy atom. The fourth-order valence-corrected chi connectivity index (χ4v) is 5.37. The van der Waals surface area contributed by atoms with Gasteiger partial charge in [0.25, 0.3) is 5.19 Å². The number of carbonyl (C=O) groups excluding carboxylic acids is 1. The largest absolute Gasteiger partial charge is 0.497 e. The van der Waals surface area contributed by atoms with Gasteiger partial charge in [-0.3, -0.25) is 4.79 Å². The van der Waals surface area contributed by atoms with E-state index in [1.807, 2.05) is 47.4 Å². The van der Waals surface area contributed by atoms with Crippen LogP contribution in [0.4, 0.5) is 0 Å². The van der Waals surface area contributed by atoms with Crippen LogP contribution in [-0.4, -0.2) is 47.8 Å². The number of thiazole rings is 1. The van der Waals surface area contributed by atoms with E-state index >= 15 is 0 Å². The summed E-state index contributed by atoms with van der Waals surface area (Å²) >= 11 is 9.22. The number of benzene rings is 2. The number of rotatable bonds is 8. The second-order valence-corrected chi connectivity index (χ2v) is 10.0. The van der Waals surface area contributed by atoms with Crippen molar-refractivity contribution in [1.82, 2.24) is 9.88 Å². The number of piperidine rings is 1. The standard InChI is InChI=1S/C23H25ClN2O3S2/c1-28-18-6-9-21-20(15-18)25-23(31-21)29-17-10-12-26(13-11-17)22(27)3-2-14-30-19-7-4-16(24)5-8-19/h4-9,15,17H,2-3,10-14H2,1H3. The molecule has 0 unspecified atom stereocenters. The van der Waals surface area contributed by atoms with Crippen LogP contribution >= 0.6 is 34.7 Å². The Balaban J connectivity index is 1.18. The second-order valence-electron chi connectivity index (χ2n) is 7.42. The van der Waals surface area contributed by atoms with Crippen LogP contribution in [0.2, 0.25) is 5.02 Å². The van der Waals surface area contributed by atoms with Crippen LogP contribution in [0.25, 0.3) is 10.2 Å². The number of thioether (sulfide) groups is 1. The fourth-order valence-electron chi connectivity index (χ4n) is 3.53. The average molecular weight is 477 g/mol. The van der Waals surface area contributed by atoms with Gasteiger partial charge < -0.3 is 14.4 Å². The molecule has 31 heavy (non-hydrogen) atoms. The topological polar surface area (TPSA) is 51.7 Å². The van der Waals surface area contributed by atoms with Gasteiger partial charge in [0.1, 0.15) is 11.9 Å². The Labute approximate surface area is 195 Å². The molecule has 1 saturated heterocycles. The highest BCUT2D eigenvalue weighted by atomic mass is 35.5. The van der Waals surface area contributed by atoms with E-state index in [2.05, 4.69) is 4.98 Å². The lowest BCUT2D eigenvalue weighted by Crippen LogP contribution is -2.41. The van der Waals surface area contributed by atoms with Crippen LogP contribution < -0.4 is 9.47 Å². The minimum absolute atomic E-state index is 0.104. The number of halogens is 1. The average Bonchev–Trinajstić information content (AvgIpc) is 3.19. The molecule has 8 heteroatoms. The van der Waals surface area contributed by atoms with Crippen molar-refractivity contribution in [2.24, 2.45) is 0 Å². The van der Waals surface area contributed by atoms with Crippen LogP contribution in [0.3, 0.4) is 0 Å². The third-order valence-corrected chi connectivity index (χ3v) is 7.53. The number of fused-ring (bicyclic) bond motifs is 1. The number of ether oxygens (including phenoxy) is 2. The van der Waals surface area contributed by atoms with Crippen molar-refractivity contribution < 1.29 is 14.3 Å². The van der Waals surface area contributed by atoms with Crippen LogP contribution in [0.5, 0.6) is 10.9 Å². The molecule has 0 N–H and O–H groups in total. The number of carbonyl (C=O) groups is 1. The third-order valence-electron chi connectivity index (χ3n) is 5.25. The lowest BCUT2D eigenvalue weighted by Gasteiger charge is -2.31. The minimum atomic E-state index is 0.104. The fraction of sp³-hybridized carbons (Fsp3) is 0.391. The molecule has 4 rings (SSSR count). The number of aromatic nitrogens is 1. The predicted octanol–water partition coefficient (Wildman–Crippen LogP) is 5.90. The molecule has 1 aliphatic heterocycles. The van der Waals surface area contributed by atoms with Crippen LogP contribution in [0.1, 0.15) is 25.7 Å². The summed E-state index contributed by atoms with van der Waals surface area (Å²) in [5.41, 5.74) is 0.892. The first-order valence-corrected chi connectivity index (χ1v) is 12.6. The van der Waals surface area contributed by atoms with Gasteiger partial charge in [0.15, 0.2) is 0 Å². The molecule has 0 radical (unpaired) electrons. The summed E-state index contributed by atoms with van der Waals surface area (Å²) in [7, 11) is 1.65. The van der Waals surface area contributed by atoms with Crippen LogP contribution in [0, 0.1) is 0 Å². The van der Waals surface area contributed by atoms with E-state index in [-0.39, 0.29) is 12.0 Å². The number of nitrogens with zero attached hydrogens (tertiary/aromatic N) is 2. The summed E-state index contributed by atoms with van der Waals surface area (Å²) in [6.07, 6.45) is 3.24. The zero-order valence-corrected chi connectivity index (χ0v) is 19.8. The Bertz CT molecular complexity index is 1020. The molecule has 2 aromatic carbocycles. The molecule has 0 bridgehead atoms. The Hall–Kier alpha value is -1.96. The number of hydrogen-bond acceptors (Lipinski definition) is 6. The normalized spacial score (nSPS) is 14.7. The monoisotopic (exact) mass is 476 g/mol. The van der Waals surface area contributed by atoms with Gasteiger partial charge in [0.05, 0.1) is 17.3 Å². The summed E-state index contributed by atoms with van der Waals surface area (Å²) in [4.78, 5) is 20.3. The molecule has 0 spiro atoms. The van der Waals surface area contributed by atoms with E-state index in [0.29, 0.717) is 11.6 Å². The molecular formula is C23H25ClN2O3S2. The highest BCUT2D eigenvalue weighted by molar-refractivity contribution is 7.99. The van der Waals surface area contributed by atoms with Crippen molar-refractivity contribution in [3.63, 3.8) is 0 Å². The van der Waals surface area contributed by atoms with E-state index in [4.69, 9.17) is 21.1 Å². The SMILES string of the molecule is COc1ccc2sc(OC3CCN(C(=O)CCCSc4ccc(Cl)cc4)CC3)nc2c1. The zero-order valence-electron chi connectivity index (χ0n) is 17.4. The smallest absolute Gasteiger partial charge is 0.274 e. The maximum atomic E-state index is 12.5. The van der Waals surface area contributed by atoms with Crippen LogP contribution in [-0.2, 0) is 4.79 Å². The Morgan fingerprint density at radius 1 is 1.23 bits per heavy atom. The second kappa shape index (κ2) is 10.6. The third kappa shape index (κ3) is 6.05. The molecule has 0 saturated carbocycles. The quantitative estimate of drug-likeness (QED) is 0.299. The lowest BCUT2D eigenvalue weighted by molar-refractivity contribution is -0.133.